The lowest BCUT2D eigenvalue weighted by molar-refractivity contribution is -0.0703. The van der Waals surface area contributed by atoms with Crippen molar-refractivity contribution in [2.75, 3.05) is 19.8 Å². The van der Waals surface area contributed by atoms with Gasteiger partial charge in [0.1, 0.15) is 5.72 Å². The Bertz CT molecular complexity index is 153. The van der Waals surface area contributed by atoms with Gasteiger partial charge in [0.15, 0.2) is 0 Å². The normalized spacial score (nSPS) is 16.7. The van der Waals surface area contributed by atoms with Crippen LogP contribution < -0.4 is 11.5 Å². The van der Waals surface area contributed by atoms with Crippen molar-refractivity contribution < 1.29 is 9.47 Å². The SMILES string of the molecule is CC(C)(C)OCCC(C)(N)OCCN. The van der Waals surface area contributed by atoms with Gasteiger partial charge in [0.2, 0.25) is 0 Å². The summed E-state index contributed by atoms with van der Waals surface area (Å²) in [5.74, 6) is 0. The molecule has 0 aliphatic rings. The van der Waals surface area contributed by atoms with Gasteiger partial charge in [-0.15, -0.1) is 0 Å². The molecule has 0 aliphatic carbocycles. The predicted octanol–water partition coefficient (Wildman–Crippen LogP) is 0.842. The minimum atomic E-state index is -0.634. The molecule has 0 saturated heterocycles. The van der Waals surface area contributed by atoms with Gasteiger partial charge in [-0.05, 0) is 27.7 Å². The summed E-state index contributed by atoms with van der Waals surface area (Å²) in [4.78, 5) is 0. The van der Waals surface area contributed by atoms with Crippen molar-refractivity contribution in [3.05, 3.63) is 0 Å². The van der Waals surface area contributed by atoms with E-state index in [1.165, 1.54) is 0 Å². The molecular weight excluding hydrogens is 180 g/mol. The lowest BCUT2D eigenvalue weighted by Gasteiger charge is -2.27. The summed E-state index contributed by atoms with van der Waals surface area (Å²) in [6.45, 7) is 9.47. The van der Waals surface area contributed by atoms with Crippen molar-refractivity contribution in [2.45, 2.75) is 45.4 Å². The van der Waals surface area contributed by atoms with E-state index in [-0.39, 0.29) is 5.60 Å². The molecule has 0 rings (SSSR count). The summed E-state index contributed by atoms with van der Waals surface area (Å²) >= 11 is 0. The highest BCUT2D eigenvalue weighted by molar-refractivity contribution is 4.68. The molecule has 0 bridgehead atoms. The molecule has 1 atom stereocenters. The zero-order valence-corrected chi connectivity index (χ0v) is 9.80. The third-order valence-corrected chi connectivity index (χ3v) is 1.68. The first-order valence-corrected chi connectivity index (χ1v) is 5.04. The summed E-state index contributed by atoms with van der Waals surface area (Å²) in [7, 11) is 0. The van der Waals surface area contributed by atoms with Gasteiger partial charge in [-0.1, -0.05) is 0 Å². The fourth-order valence-electron chi connectivity index (χ4n) is 0.924. The first kappa shape index (κ1) is 13.8. The molecule has 4 heteroatoms. The van der Waals surface area contributed by atoms with Crippen LogP contribution >= 0.6 is 0 Å². The van der Waals surface area contributed by atoms with E-state index in [2.05, 4.69) is 0 Å². The van der Waals surface area contributed by atoms with Crippen LogP contribution in [0.5, 0.6) is 0 Å². The maximum absolute atomic E-state index is 5.87. The van der Waals surface area contributed by atoms with Crippen LogP contribution in [-0.4, -0.2) is 31.1 Å². The fourth-order valence-corrected chi connectivity index (χ4v) is 0.924. The van der Waals surface area contributed by atoms with Gasteiger partial charge in [0.25, 0.3) is 0 Å². The second-order valence-corrected chi connectivity index (χ2v) is 4.66. The highest BCUT2D eigenvalue weighted by Crippen LogP contribution is 2.12. The highest BCUT2D eigenvalue weighted by atomic mass is 16.5. The smallest absolute Gasteiger partial charge is 0.116 e. The molecule has 0 saturated carbocycles. The van der Waals surface area contributed by atoms with Crippen LogP contribution in [0.4, 0.5) is 0 Å². The van der Waals surface area contributed by atoms with Crippen molar-refractivity contribution in [2.24, 2.45) is 11.5 Å². The summed E-state index contributed by atoms with van der Waals surface area (Å²) in [5.41, 5.74) is 10.4. The van der Waals surface area contributed by atoms with Crippen LogP contribution in [0.25, 0.3) is 0 Å². The highest BCUT2D eigenvalue weighted by Gasteiger charge is 2.20. The van der Waals surface area contributed by atoms with Crippen molar-refractivity contribution in [3.8, 4) is 0 Å². The summed E-state index contributed by atoms with van der Waals surface area (Å²) in [6, 6.07) is 0. The summed E-state index contributed by atoms with van der Waals surface area (Å²) in [6.07, 6.45) is 0.671. The summed E-state index contributed by atoms with van der Waals surface area (Å²) in [5, 5.41) is 0. The molecule has 0 amide bonds. The third kappa shape index (κ3) is 8.44. The Morgan fingerprint density at radius 1 is 1.00 bits per heavy atom. The van der Waals surface area contributed by atoms with Gasteiger partial charge >= 0.3 is 0 Å². The van der Waals surface area contributed by atoms with Crippen molar-refractivity contribution in [3.63, 3.8) is 0 Å². The number of hydrogen-bond donors (Lipinski definition) is 2. The van der Waals surface area contributed by atoms with Crippen LogP contribution in [0.3, 0.4) is 0 Å². The van der Waals surface area contributed by atoms with Gasteiger partial charge in [0, 0.05) is 13.0 Å². The molecule has 14 heavy (non-hydrogen) atoms. The van der Waals surface area contributed by atoms with Crippen LogP contribution in [0.1, 0.15) is 34.1 Å². The molecule has 0 heterocycles. The molecular formula is C10H24N2O2. The van der Waals surface area contributed by atoms with Gasteiger partial charge < -0.3 is 20.9 Å². The molecule has 0 fully saturated rings. The zero-order valence-electron chi connectivity index (χ0n) is 9.80. The molecule has 0 aromatic heterocycles. The maximum Gasteiger partial charge on any atom is 0.116 e. The Labute approximate surface area is 86.9 Å². The van der Waals surface area contributed by atoms with E-state index in [0.29, 0.717) is 26.2 Å². The number of nitrogens with two attached hydrogens (primary N) is 2. The Morgan fingerprint density at radius 2 is 1.57 bits per heavy atom. The van der Waals surface area contributed by atoms with Crippen molar-refractivity contribution in [1.29, 1.82) is 0 Å². The number of ether oxygens (including phenoxy) is 2. The Kier molecular flexibility index (Phi) is 5.59. The largest absolute Gasteiger partial charge is 0.376 e. The van der Waals surface area contributed by atoms with E-state index in [1.54, 1.807) is 0 Å². The molecule has 86 valence electrons. The quantitative estimate of drug-likeness (QED) is 0.629. The standard InChI is InChI=1S/C10H24N2O2/c1-9(2,3)13-7-5-10(4,12)14-8-6-11/h5-8,11-12H2,1-4H3. The minimum Gasteiger partial charge on any atom is -0.376 e. The molecule has 0 spiro atoms. The average molecular weight is 204 g/mol. The Hall–Kier alpha value is -0.160. The molecule has 4 N–H and O–H groups in total. The van der Waals surface area contributed by atoms with E-state index in [9.17, 15) is 0 Å². The lowest BCUT2D eigenvalue weighted by atomic mass is 10.1. The van der Waals surface area contributed by atoms with E-state index in [0.717, 1.165) is 0 Å². The third-order valence-electron chi connectivity index (χ3n) is 1.68. The first-order chi connectivity index (χ1) is 6.27. The number of rotatable bonds is 6. The second kappa shape index (κ2) is 5.66. The second-order valence-electron chi connectivity index (χ2n) is 4.66. The molecule has 0 radical (unpaired) electrons. The molecule has 1 unspecified atom stereocenters. The fraction of sp³-hybridized carbons (Fsp3) is 1.00. The molecule has 0 aromatic carbocycles. The lowest BCUT2D eigenvalue weighted by Crippen LogP contribution is -2.42. The molecule has 0 aromatic rings. The van der Waals surface area contributed by atoms with E-state index >= 15 is 0 Å². The number of hydrogen-bond acceptors (Lipinski definition) is 4. The first-order valence-electron chi connectivity index (χ1n) is 5.04. The molecule has 4 nitrogen and oxygen atoms in total. The van der Waals surface area contributed by atoms with E-state index in [1.807, 2.05) is 27.7 Å². The van der Waals surface area contributed by atoms with Gasteiger partial charge in [0.05, 0.1) is 18.8 Å². The topological polar surface area (TPSA) is 70.5 Å². The van der Waals surface area contributed by atoms with Crippen LogP contribution in [0.15, 0.2) is 0 Å². The van der Waals surface area contributed by atoms with Crippen molar-refractivity contribution in [1.82, 2.24) is 0 Å². The predicted molar refractivity (Wildman–Crippen MR) is 57.9 cm³/mol. The Balaban J connectivity index is 3.65. The van der Waals surface area contributed by atoms with E-state index < -0.39 is 5.72 Å². The van der Waals surface area contributed by atoms with Crippen LogP contribution in [-0.2, 0) is 9.47 Å². The average Bonchev–Trinajstić information content (AvgIpc) is 1.98. The van der Waals surface area contributed by atoms with Gasteiger partial charge in [-0.2, -0.15) is 0 Å². The maximum atomic E-state index is 5.87. The monoisotopic (exact) mass is 204 g/mol. The van der Waals surface area contributed by atoms with Gasteiger partial charge in [-0.25, -0.2) is 0 Å². The molecule has 0 aliphatic heterocycles. The van der Waals surface area contributed by atoms with Crippen molar-refractivity contribution >= 4 is 0 Å². The summed E-state index contributed by atoms with van der Waals surface area (Å²) < 4.78 is 10.9. The minimum absolute atomic E-state index is 0.121. The van der Waals surface area contributed by atoms with Crippen LogP contribution in [0.2, 0.25) is 0 Å². The zero-order chi connectivity index (χ0) is 11.2. The van der Waals surface area contributed by atoms with Crippen LogP contribution in [0, 0.1) is 0 Å². The van der Waals surface area contributed by atoms with Gasteiger partial charge in [-0.3, -0.25) is 0 Å². The Morgan fingerprint density at radius 3 is 2.00 bits per heavy atom. The van der Waals surface area contributed by atoms with E-state index in [4.69, 9.17) is 20.9 Å².